The normalized spacial score (nSPS) is 11.4. The second kappa shape index (κ2) is 6.95. The highest BCUT2D eigenvalue weighted by atomic mass is 32.2. The molecule has 1 N–H and O–H groups in total. The molecule has 0 saturated carbocycles. The highest BCUT2D eigenvalue weighted by molar-refractivity contribution is 7.99. The van der Waals surface area contributed by atoms with Gasteiger partial charge in [0, 0.05) is 6.54 Å². The number of aryl methyl sites for hydroxylation is 2. The number of hydrogen-bond acceptors (Lipinski definition) is 4. The largest absolute Gasteiger partial charge is 0.481 e. The predicted molar refractivity (Wildman–Crippen MR) is 86.0 cm³/mol. The molecule has 0 radical (unpaired) electrons. The van der Waals surface area contributed by atoms with Crippen molar-refractivity contribution >= 4 is 28.8 Å². The zero-order valence-electron chi connectivity index (χ0n) is 12.7. The number of carboxylic acids is 1. The Hall–Kier alpha value is -1.53. The molecule has 1 heterocycles. The van der Waals surface area contributed by atoms with Gasteiger partial charge in [-0.3, -0.25) is 4.79 Å². The Morgan fingerprint density at radius 3 is 2.86 bits per heavy atom. The van der Waals surface area contributed by atoms with E-state index in [2.05, 4.69) is 34.6 Å². The molecule has 5 nitrogen and oxygen atoms in total. The van der Waals surface area contributed by atoms with Crippen molar-refractivity contribution in [3.8, 4) is 0 Å². The van der Waals surface area contributed by atoms with E-state index in [4.69, 9.17) is 5.11 Å². The second-order valence-corrected chi connectivity index (χ2v) is 6.27. The second-order valence-electron chi connectivity index (χ2n) is 5.33. The molecule has 0 bridgehead atoms. The van der Waals surface area contributed by atoms with Crippen molar-refractivity contribution in [2.75, 3.05) is 26.4 Å². The number of carbonyl (C=O) groups is 1. The fraction of sp³-hybridized carbons (Fsp3) is 0.467. The van der Waals surface area contributed by atoms with Crippen LogP contribution in [0.2, 0.25) is 0 Å². The Balaban J connectivity index is 2.30. The molecule has 0 aliphatic rings. The molecule has 0 aliphatic heterocycles. The molecule has 114 valence electrons. The predicted octanol–water partition coefficient (Wildman–Crippen LogP) is 2.47. The third kappa shape index (κ3) is 3.98. The molecule has 0 unspecified atom stereocenters. The van der Waals surface area contributed by atoms with Crippen LogP contribution in [0.4, 0.5) is 0 Å². The van der Waals surface area contributed by atoms with Crippen LogP contribution in [0.3, 0.4) is 0 Å². The number of fused-ring (bicyclic) bond motifs is 1. The summed E-state index contributed by atoms with van der Waals surface area (Å²) in [7, 11) is 4.10. The van der Waals surface area contributed by atoms with Crippen LogP contribution in [0.15, 0.2) is 23.4 Å². The van der Waals surface area contributed by atoms with Gasteiger partial charge >= 0.3 is 5.97 Å². The fourth-order valence-corrected chi connectivity index (χ4v) is 3.02. The van der Waals surface area contributed by atoms with Gasteiger partial charge in [-0.2, -0.15) is 0 Å². The minimum atomic E-state index is -0.816. The summed E-state index contributed by atoms with van der Waals surface area (Å²) in [6.07, 6.45) is 1.01. The summed E-state index contributed by atoms with van der Waals surface area (Å²) in [5, 5.41) is 9.67. The number of imidazole rings is 1. The Labute approximate surface area is 129 Å². The summed E-state index contributed by atoms with van der Waals surface area (Å²) in [6.45, 7) is 3.87. The molecule has 0 amide bonds. The van der Waals surface area contributed by atoms with Gasteiger partial charge in [0.15, 0.2) is 5.16 Å². The number of nitrogens with zero attached hydrogens (tertiary/aromatic N) is 3. The Bertz CT molecular complexity index is 637. The standard InChI is InChI=1S/C15H21N3O2S/c1-11-6-4-7-12-14(11)16-15(21-10-13(19)20)18(12)9-5-8-17(2)3/h4,6-7H,5,8-10H2,1-3H3,(H,19,20). The third-order valence-electron chi connectivity index (χ3n) is 3.26. The Morgan fingerprint density at radius 1 is 1.43 bits per heavy atom. The monoisotopic (exact) mass is 307 g/mol. The van der Waals surface area contributed by atoms with Crippen LogP contribution >= 0.6 is 11.8 Å². The van der Waals surface area contributed by atoms with Crippen molar-refractivity contribution in [3.63, 3.8) is 0 Å². The van der Waals surface area contributed by atoms with Crippen LogP contribution in [0, 0.1) is 6.92 Å². The highest BCUT2D eigenvalue weighted by Gasteiger charge is 2.13. The first-order valence-corrected chi connectivity index (χ1v) is 7.93. The number of thioether (sulfide) groups is 1. The van der Waals surface area contributed by atoms with Gasteiger partial charge in [0.05, 0.1) is 16.8 Å². The number of aromatic nitrogens is 2. The summed E-state index contributed by atoms with van der Waals surface area (Å²) in [4.78, 5) is 17.6. The number of rotatable bonds is 7. The van der Waals surface area contributed by atoms with Crippen molar-refractivity contribution in [3.05, 3.63) is 23.8 Å². The lowest BCUT2D eigenvalue weighted by molar-refractivity contribution is -0.133. The van der Waals surface area contributed by atoms with Gasteiger partial charge in [0.2, 0.25) is 0 Å². The number of aliphatic carboxylic acids is 1. The van der Waals surface area contributed by atoms with Crippen LogP contribution < -0.4 is 0 Å². The van der Waals surface area contributed by atoms with Gasteiger partial charge < -0.3 is 14.6 Å². The first-order chi connectivity index (χ1) is 9.99. The first-order valence-electron chi connectivity index (χ1n) is 6.94. The molecule has 21 heavy (non-hydrogen) atoms. The molecule has 2 rings (SSSR count). The van der Waals surface area contributed by atoms with Crippen molar-refractivity contribution in [1.29, 1.82) is 0 Å². The van der Waals surface area contributed by atoms with E-state index in [9.17, 15) is 4.79 Å². The summed E-state index contributed by atoms with van der Waals surface area (Å²) in [6, 6.07) is 6.11. The zero-order valence-corrected chi connectivity index (χ0v) is 13.5. The lowest BCUT2D eigenvalue weighted by atomic mass is 10.2. The smallest absolute Gasteiger partial charge is 0.313 e. The van der Waals surface area contributed by atoms with Crippen molar-refractivity contribution in [1.82, 2.24) is 14.5 Å². The molecule has 0 aliphatic carbocycles. The molecular weight excluding hydrogens is 286 g/mol. The molecule has 0 spiro atoms. The van der Waals surface area contributed by atoms with Crippen molar-refractivity contribution in [2.24, 2.45) is 0 Å². The van der Waals surface area contributed by atoms with Crippen molar-refractivity contribution < 1.29 is 9.90 Å². The average molecular weight is 307 g/mol. The summed E-state index contributed by atoms with van der Waals surface area (Å²) in [5.41, 5.74) is 3.17. The van der Waals surface area contributed by atoms with E-state index in [1.165, 1.54) is 11.8 Å². The van der Waals surface area contributed by atoms with E-state index in [-0.39, 0.29) is 5.75 Å². The number of para-hydroxylation sites is 1. The van der Waals surface area contributed by atoms with Gasteiger partial charge in [-0.25, -0.2) is 4.98 Å². The van der Waals surface area contributed by atoms with E-state index in [0.717, 1.165) is 41.3 Å². The maximum absolute atomic E-state index is 10.8. The van der Waals surface area contributed by atoms with Crippen LogP contribution in [0.1, 0.15) is 12.0 Å². The Kier molecular flexibility index (Phi) is 5.25. The molecule has 1 aromatic heterocycles. The lowest BCUT2D eigenvalue weighted by Gasteiger charge is -2.12. The summed E-state index contributed by atoms with van der Waals surface area (Å²) < 4.78 is 2.14. The topological polar surface area (TPSA) is 58.4 Å². The van der Waals surface area contributed by atoms with E-state index in [0.29, 0.717) is 0 Å². The molecule has 0 atom stereocenters. The van der Waals surface area contributed by atoms with Gasteiger partial charge in [-0.15, -0.1) is 0 Å². The summed E-state index contributed by atoms with van der Waals surface area (Å²) >= 11 is 1.29. The van der Waals surface area contributed by atoms with Gasteiger partial charge in [-0.05, 0) is 45.6 Å². The molecule has 6 heteroatoms. The maximum Gasteiger partial charge on any atom is 0.313 e. The van der Waals surface area contributed by atoms with Gasteiger partial charge in [0.25, 0.3) is 0 Å². The highest BCUT2D eigenvalue weighted by Crippen LogP contribution is 2.26. The average Bonchev–Trinajstić information content (AvgIpc) is 2.76. The lowest BCUT2D eigenvalue weighted by Crippen LogP contribution is -2.15. The SMILES string of the molecule is Cc1cccc2c1nc(SCC(=O)O)n2CCCN(C)C. The van der Waals surface area contributed by atoms with E-state index < -0.39 is 5.97 Å². The van der Waals surface area contributed by atoms with Gasteiger partial charge in [-0.1, -0.05) is 23.9 Å². The van der Waals surface area contributed by atoms with Crippen LogP contribution in [0.25, 0.3) is 11.0 Å². The number of carboxylic acid groups (broad SMARTS) is 1. The molecule has 0 saturated heterocycles. The Morgan fingerprint density at radius 2 is 2.19 bits per heavy atom. The molecule has 1 aromatic carbocycles. The van der Waals surface area contributed by atoms with Crippen molar-refractivity contribution in [2.45, 2.75) is 25.0 Å². The fourth-order valence-electron chi connectivity index (χ4n) is 2.26. The minimum absolute atomic E-state index is 0.0377. The van der Waals surface area contributed by atoms with E-state index >= 15 is 0 Å². The first kappa shape index (κ1) is 15.9. The van der Waals surface area contributed by atoms with Crippen LogP contribution in [-0.2, 0) is 11.3 Å². The van der Waals surface area contributed by atoms with Gasteiger partial charge in [0.1, 0.15) is 0 Å². The summed E-state index contributed by atoms with van der Waals surface area (Å²) in [5.74, 6) is -0.778. The minimum Gasteiger partial charge on any atom is -0.481 e. The van der Waals surface area contributed by atoms with Crippen LogP contribution in [0.5, 0.6) is 0 Å². The molecule has 2 aromatic rings. The van der Waals surface area contributed by atoms with E-state index in [1.807, 2.05) is 19.1 Å². The number of hydrogen-bond donors (Lipinski definition) is 1. The zero-order chi connectivity index (χ0) is 15.4. The van der Waals surface area contributed by atoms with Crippen LogP contribution in [-0.4, -0.2) is 51.9 Å². The molecular formula is C15H21N3O2S. The third-order valence-corrected chi connectivity index (χ3v) is 4.22. The molecule has 0 fully saturated rings. The number of benzene rings is 1. The van der Waals surface area contributed by atoms with E-state index in [1.54, 1.807) is 0 Å². The quantitative estimate of drug-likeness (QED) is 0.796. The maximum atomic E-state index is 10.8.